The van der Waals surface area contributed by atoms with Crippen molar-refractivity contribution in [2.45, 2.75) is 31.7 Å². The van der Waals surface area contributed by atoms with Crippen molar-refractivity contribution in [1.82, 2.24) is 20.4 Å². The van der Waals surface area contributed by atoms with Gasteiger partial charge in [0.25, 0.3) is 0 Å². The Morgan fingerprint density at radius 3 is 2.35 bits per heavy atom. The maximum absolute atomic E-state index is 12.1. The number of nitrogens with one attached hydrogen (secondary N) is 2. The number of piperazine rings is 1. The zero-order valence-corrected chi connectivity index (χ0v) is 12.4. The number of rotatable bonds is 5. The lowest BCUT2D eigenvalue weighted by Crippen LogP contribution is -2.52. The Morgan fingerprint density at radius 1 is 1.10 bits per heavy atom. The number of nitrogens with zero attached hydrogens (tertiary/aromatic N) is 2. The van der Waals surface area contributed by atoms with Crippen LogP contribution < -0.4 is 10.6 Å². The molecule has 2 rings (SSSR count). The maximum Gasteiger partial charge on any atom is 0.236 e. The first kappa shape index (κ1) is 15.3. The van der Waals surface area contributed by atoms with E-state index >= 15 is 0 Å². The molecule has 114 valence electrons. The topological polar surface area (TPSA) is 64.7 Å². The molecule has 0 bridgehead atoms. The first-order chi connectivity index (χ1) is 9.69. The molecule has 1 saturated heterocycles. The highest BCUT2D eigenvalue weighted by atomic mass is 16.2. The molecule has 1 heterocycles. The maximum atomic E-state index is 12.1. The van der Waals surface area contributed by atoms with E-state index in [1.807, 2.05) is 4.90 Å². The SMILES string of the molecule is CNC(=O)CN1CCN(C(=O)CNC2CCCC2)CC1. The van der Waals surface area contributed by atoms with Crippen molar-refractivity contribution in [2.75, 3.05) is 46.3 Å². The second-order valence-electron chi connectivity index (χ2n) is 5.69. The molecule has 20 heavy (non-hydrogen) atoms. The fourth-order valence-corrected chi connectivity index (χ4v) is 2.91. The van der Waals surface area contributed by atoms with E-state index in [0.29, 0.717) is 19.1 Å². The molecular formula is C14H26N4O2. The van der Waals surface area contributed by atoms with E-state index in [1.54, 1.807) is 7.05 Å². The summed E-state index contributed by atoms with van der Waals surface area (Å²) in [7, 11) is 1.65. The van der Waals surface area contributed by atoms with Gasteiger partial charge in [-0.3, -0.25) is 14.5 Å². The number of carbonyl (C=O) groups is 2. The third-order valence-electron chi connectivity index (χ3n) is 4.27. The summed E-state index contributed by atoms with van der Waals surface area (Å²) >= 11 is 0. The van der Waals surface area contributed by atoms with Gasteiger partial charge in [0.2, 0.25) is 11.8 Å². The van der Waals surface area contributed by atoms with Gasteiger partial charge in [-0.25, -0.2) is 0 Å². The highest BCUT2D eigenvalue weighted by Crippen LogP contribution is 2.17. The minimum Gasteiger partial charge on any atom is -0.358 e. The summed E-state index contributed by atoms with van der Waals surface area (Å²) in [5.74, 6) is 0.226. The molecule has 1 aliphatic carbocycles. The van der Waals surface area contributed by atoms with Crippen LogP contribution in [0, 0.1) is 0 Å². The second-order valence-corrected chi connectivity index (χ2v) is 5.69. The van der Waals surface area contributed by atoms with E-state index in [1.165, 1.54) is 25.7 Å². The molecule has 0 unspecified atom stereocenters. The number of carbonyl (C=O) groups excluding carboxylic acids is 2. The van der Waals surface area contributed by atoms with Crippen molar-refractivity contribution < 1.29 is 9.59 Å². The zero-order chi connectivity index (χ0) is 14.4. The largest absolute Gasteiger partial charge is 0.358 e. The van der Waals surface area contributed by atoms with Crippen LogP contribution in [-0.2, 0) is 9.59 Å². The van der Waals surface area contributed by atoms with E-state index in [2.05, 4.69) is 15.5 Å². The quantitative estimate of drug-likeness (QED) is 0.707. The van der Waals surface area contributed by atoms with Crippen LogP contribution in [0.2, 0.25) is 0 Å². The first-order valence-electron chi connectivity index (χ1n) is 7.63. The van der Waals surface area contributed by atoms with E-state index in [4.69, 9.17) is 0 Å². The Morgan fingerprint density at radius 2 is 1.75 bits per heavy atom. The molecule has 0 radical (unpaired) electrons. The van der Waals surface area contributed by atoms with Crippen molar-refractivity contribution in [2.24, 2.45) is 0 Å². The monoisotopic (exact) mass is 282 g/mol. The molecule has 6 heteroatoms. The second kappa shape index (κ2) is 7.59. The first-order valence-corrected chi connectivity index (χ1v) is 7.63. The Bertz CT molecular complexity index is 334. The third kappa shape index (κ3) is 4.45. The highest BCUT2D eigenvalue weighted by Gasteiger charge is 2.23. The highest BCUT2D eigenvalue weighted by molar-refractivity contribution is 5.79. The van der Waals surface area contributed by atoms with E-state index in [0.717, 1.165) is 26.2 Å². The van der Waals surface area contributed by atoms with Crippen molar-refractivity contribution in [1.29, 1.82) is 0 Å². The van der Waals surface area contributed by atoms with E-state index in [9.17, 15) is 9.59 Å². The minimum atomic E-state index is 0.0349. The van der Waals surface area contributed by atoms with Crippen LogP contribution in [0.1, 0.15) is 25.7 Å². The van der Waals surface area contributed by atoms with Gasteiger partial charge in [0.05, 0.1) is 13.1 Å². The van der Waals surface area contributed by atoms with Gasteiger partial charge in [-0.1, -0.05) is 12.8 Å². The average Bonchev–Trinajstić information content (AvgIpc) is 2.98. The van der Waals surface area contributed by atoms with Gasteiger partial charge in [0.15, 0.2) is 0 Å². The normalized spacial score (nSPS) is 21.1. The van der Waals surface area contributed by atoms with E-state index < -0.39 is 0 Å². The molecule has 0 aromatic carbocycles. The zero-order valence-electron chi connectivity index (χ0n) is 12.4. The molecule has 2 fully saturated rings. The lowest BCUT2D eigenvalue weighted by molar-refractivity contribution is -0.132. The van der Waals surface area contributed by atoms with Crippen LogP contribution in [0.4, 0.5) is 0 Å². The van der Waals surface area contributed by atoms with Crippen molar-refractivity contribution in [3.05, 3.63) is 0 Å². The van der Waals surface area contributed by atoms with Crippen LogP contribution in [0.5, 0.6) is 0 Å². The van der Waals surface area contributed by atoms with Crippen molar-refractivity contribution >= 4 is 11.8 Å². The number of amides is 2. The van der Waals surface area contributed by atoms with Crippen LogP contribution in [-0.4, -0.2) is 74.0 Å². The lowest BCUT2D eigenvalue weighted by Gasteiger charge is -2.34. The summed E-state index contributed by atoms with van der Waals surface area (Å²) in [6.45, 7) is 3.90. The molecule has 2 aliphatic rings. The lowest BCUT2D eigenvalue weighted by atomic mass is 10.2. The average molecular weight is 282 g/mol. The van der Waals surface area contributed by atoms with Gasteiger partial charge in [-0.15, -0.1) is 0 Å². The fraction of sp³-hybridized carbons (Fsp3) is 0.857. The molecule has 2 N–H and O–H groups in total. The van der Waals surface area contributed by atoms with Gasteiger partial charge in [0, 0.05) is 39.3 Å². The van der Waals surface area contributed by atoms with Crippen LogP contribution in [0.3, 0.4) is 0 Å². The molecule has 6 nitrogen and oxygen atoms in total. The molecular weight excluding hydrogens is 256 g/mol. The van der Waals surface area contributed by atoms with E-state index in [-0.39, 0.29) is 11.8 Å². The predicted molar refractivity (Wildman–Crippen MR) is 77.3 cm³/mol. The van der Waals surface area contributed by atoms with Gasteiger partial charge in [0.1, 0.15) is 0 Å². The molecule has 0 spiro atoms. The van der Waals surface area contributed by atoms with Gasteiger partial charge in [-0.05, 0) is 12.8 Å². The summed E-state index contributed by atoms with van der Waals surface area (Å²) in [5, 5.41) is 5.99. The number of likely N-dealkylation sites (N-methyl/N-ethyl adjacent to an activating group) is 1. The van der Waals surface area contributed by atoms with Crippen molar-refractivity contribution in [3.8, 4) is 0 Å². The van der Waals surface area contributed by atoms with Gasteiger partial charge >= 0.3 is 0 Å². The van der Waals surface area contributed by atoms with Crippen LogP contribution in [0.25, 0.3) is 0 Å². The molecule has 1 aliphatic heterocycles. The standard InChI is InChI=1S/C14H26N4O2/c1-15-13(19)11-17-6-8-18(9-7-17)14(20)10-16-12-4-2-3-5-12/h12,16H,2-11H2,1H3,(H,15,19). The Balaban J connectivity index is 1.64. The summed E-state index contributed by atoms with van der Waals surface area (Å²) in [5.41, 5.74) is 0. The Kier molecular flexibility index (Phi) is 5.79. The third-order valence-corrected chi connectivity index (χ3v) is 4.27. The summed E-state index contributed by atoms with van der Waals surface area (Å²) in [6.07, 6.45) is 4.97. The fourth-order valence-electron chi connectivity index (χ4n) is 2.91. The Labute approximate surface area is 120 Å². The molecule has 0 atom stereocenters. The van der Waals surface area contributed by atoms with Crippen molar-refractivity contribution in [3.63, 3.8) is 0 Å². The van der Waals surface area contributed by atoms with Crippen LogP contribution in [0.15, 0.2) is 0 Å². The minimum absolute atomic E-state index is 0.0349. The van der Waals surface area contributed by atoms with Gasteiger partial charge in [-0.2, -0.15) is 0 Å². The molecule has 1 saturated carbocycles. The predicted octanol–water partition coefficient (Wildman–Crippen LogP) is -0.591. The summed E-state index contributed by atoms with van der Waals surface area (Å²) < 4.78 is 0. The van der Waals surface area contributed by atoms with Crippen LogP contribution >= 0.6 is 0 Å². The summed E-state index contributed by atoms with van der Waals surface area (Å²) in [6, 6.07) is 0.536. The summed E-state index contributed by atoms with van der Waals surface area (Å²) in [4.78, 5) is 27.4. The number of hydrogen-bond acceptors (Lipinski definition) is 4. The Hall–Kier alpha value is -1.14. The van der Waals surface area contributed by atoms with Gasteiger partial charge < -0.3 is 15.5 Å². The molecule has 0 aromatic rings. The molecule has 0 aromatic heterocycles. The molecule has 2 amide bonds. The smallest absolute Gasteiger partial charge is 0.236 e. The number of hydrogen-bond donors (Lipinski definition) is 2.